The van der Waals surface area contributed by atoms with E-state index >= 15 is 0 Å². The number of pyridine rings is 1. The SMILES string of the molecule is COC(=O)c1c(N)nc(C)c(-c2ccc(Oc3ccccc3)cc2)c1C. The molecule has 1 aromatic heterocycles. The Hall–Kier alpha value is -3.34. The molecule has 0 spiro atoms. The van der Waals surface area contributed by atoms with E-state index in [1.807, 2.05) is 68.4 Å². The molecule has 5 nitrogen and oxygen atoms in total. The lowest BCUT2D eigenvalue weighted by atomic mass is 9.95. The maximum atomic E-state index is 12.0. The Labute approximate surface area is 152 Å². The van der Waals surface area contributed by atoms with E-state index in [2.05, 4.69) is 4.98 Å². The average molecular weight is 348 g/mol. The molecule has 26 heavy (non-hydrogen) atoms. The van der Waals surface area contributed by atoms with Gasteiger partial charge in [0.25, 0.3) is 0 Å². The Kier molecular flexibility index (Phi) is 4.89. The molecule has 0 aliphatic carbocycles. The number of benzene rings is 2. The highest BCUT2D eigenvalue weighted by atomic mass is 16.5. The van der Waals surface area contributed by atoms with Gasteiger partial charge in [-0.15, -0.1) is 0 Å². The maximum Gasteiger partial charge on any atom is 0.341 e. The quantitative estimate of drug-likeness (QED) is 0.701. The highest BCUT2D eigenvalue weighted by Crippen LogP contribution is 2.33. The molecule has 0 aliphatic heterocycles. The fourth-order valence-electron chi connectivity index (χ4n) is 2.98. The number of nitrogen functional groups attached to an aromatic ring is 1. The fraction of sp³-hybridized carbons (Fsp3) is 0.143. The first-order valence-corrected chi connectivity index (χ1v) is 8.19. The van der Waals surface area contributed by atoms with Crippen molar-refractivity contribution < 1.29 is 14.3 Å². The normalized spacial score (nSPS) is 10.4. The van der Waals surface area contributed by atoms with Crippen LogP contribution in [0.25, 0.3) is 11.1 Å². The van der Waals surface area contributed by atoms with Gasteiger partial charge in [0.1, 0.15) is 22.9 Å². The highest BCUT2D eigenvalue weighted by molar-refractivity contribution is 5.98. The molecular weight excluding hydrogens is 328 g/mol. The van der Waals surface area contributed by atoms with Gasteiger partial charge in [-0.1, -0.05) is 30.3 Å². The summed E-state index contributed by atoms with van der Waals surface area (Å²) in [5, 5.41) is 0. The van der Waals surface area contributed by atoms with Gasteiger partial charge in [0.15, 0.2) is 0 Å². The lowest BCUT2D eigenvalue weighted by Gasteiger charge is -2.15. The standard InChI is InChI=1S/C21H20N2O3/c1-13-18(14(2)23-20(22)19(13)21(24)25-3)15-9-11-17(12-10-15)26-16-7-5-4-6-8-16/h4-12H,1-3H3,(H2,22,23). The van der Waals surface area contributed by atoms with Crippen molar-refractivity contribution in [2.24, 2.45) is 0 Å². The molecule has 3 rings (SSSR count). The van der Waals surface area contributed by atoms with Crippen molar-refractivity contribution in [1.82, 2.24) is 4.98 Å². The number of carbonyl (C=O) groups excluding carboxylic acids is 1. The summed E-state index contributed by atoms with van der Waals surface area (Å²) in [6.45, 7) is 3.72. The second-order valence-electron chi connectivity index (χ2n) is 5.89. The average Bonchev–Trinajstić information content (AvgIpc) is 2.63. The second-order valence-corrected chi connectivity index (χ2v) is 5.89. The number of aryl methyl sites for hydroxylation is 1. The van der Waals surface area contributed by atoms with Gasteiger partial charge in [0.2, 0.25) is 0 Å². The summed E-state index contributed by atoms with van der Waals surface area (Å²) in [7, 11) is 1.33. The molecule has 2 N–H and O–H groups in total. The van der Waals surface area contributed by atoms with Gasteiger partial charge >= 0.3 is 5.97 Å². The van der Waals surface area contributed by atoms with E-state index in [0.717, 1.165) is 33.9 Å². The smallest absolute Gasteiger partial charge is 0.341 e. The number of hydrogen-bond donors (Lipinski definition) is 1. The fourth-order valence-corrected chi connectivity index (χ4v) is 2.98. The lowest BCUT2D eigenvalue weighted by Crippen LogP contribution is -2.12. The van der Waals surface area contributed by atoms with Crippen LogP contribution in [0.3, 0.4) is 0 Å². The van der Waals surface area contributed by atoms with Crippen LogP contribution in [0.15, 0.2) is 54.6 Å². The minimum Gasteiger partial charge on any atom is -0.465 e. The predicted octanol–water partition coefficient (Wildman–Crippen LogP) is 4.53. The lowest BCUT2D eigenvalue weighted by molar-refractivity contribution is 0.0601. The first-order chi connectivity index (χ1) is 12.5. The van der Waals surface area contributed by atoms with Gasteiger partial charge in [-0.3, -0.25) is 0 Å². The zero-order chi connectivity index (χ0) is 18.7. The Morgan fingerprint density at radius 1 is 0.962 bits per heavy atom. The van der Waals surface area contributed by atoms with Crippen LogP contribution < -0.4 is 10.5 Å². The first-order valence-electron chi connectivity index (χ1n) is 8.19. The number of methoxy groups -OCH3 is 1. The van der Waals surface area contributed by atoms with E-state index in [-0.39, 0.29) is 5.82 Å². The molecule has 0 fully saturated rings. The van der Waals surface area contributed by atoms with Gasteiger partial charge in [-0.05, 0) is 49.2 Å². The van der Waals surface area contributed by atoms with E-state index in [9.17, 15) is 4.79 Å². The predicted molar refractivity (Wildman–Crippen MR) is 101 cm³/mol. The number of anilines is 1. The van der Waals surface area contributed by atoms with E-state index in [0.29, 0.717) is 5.56 Å². The molecule has 0 atom stereocenters. The minimum atomic E-state index is -0.488. The molecule has 0 radical (unpaired) electrons. The van der Waals surface area contributed by atoms with Crippen molar-refractivity contribution in [3.8, 4) is 22.6 Å². The Morgan fingerprint density at radius 3 is 2.19 bits per heavy atom. The molecule has 0 amide bonds. The zero-order valence-corrected chi connectivity index (χ0v) is 14.9. The largest absolute Gasteiger partial charge is 0.465 e. The topological polar surface area (TPSA) is 74.4 Å². The van der Waals surface area contributed by atoms with Crippen molar-refractivity contribution in [3.63, 3.8) is 0 Å². The summed E-state index contributed by atoms with van der Waals surface area (Å²) >= 11 is 0. The number of nitrogens with zero attached hydrogens (tertiary/aromatic N) is 1. The maximum absolute atomic E-state index is 12.0. The molecule has 0 unspecified atom stereocenters. The van der Waals surface area contributed by atoms with Crippen molar-refractivity contribution >= 4 is 11.8 Å². The Bertz CT molecular complexity index is 936. The molecule has 3 aromatic rings. The number of rotatable bonds is 4. The Balaban J connectivity index is 1.98. The summed E-state index contributed by atoms with van der Waals surface area (Å²) in [4.78, 5) is 16.4. The van der Waals surface area contributed by atoms with Gasteiger partial charge in [-0.25, -0.2) is 9.78 Å². The number of nitrogens with two attached hydrogens (primary N) is 1. The Morgan fingerprint density at radius 2 is 1.58 bits per heavy atom. The number of ether oxygens (including phenoxy) is 2. The number of carbonyl (C=O) groups is 1. The van der Waals surface area contributed by atoms with Gasteiger partial charge < -0.3 is 15.2 Å². The zero-order valence-electron chi connectivity index (χ0n) is 14.9. The number of para-hydroxylation sites is 1. The first kappa shape index (κ1) is 17.5. The third-order valence-electron chi connectivity index (χ3n) is 4.17. The van der Waals surface area contributed by atoms with E-state index in [4.69, 9.17) is 15.2 Å². The van der Waals surface area contributed by atoms with Crippen LogP contribution in [0.5, 0.6) is 11.5 Å². The summed E-state index contributed by atoms with van der Waals surface area (Å²) in [6, 6.07) is 17.2. The number of esters is 1. The van der Waals surface area contributed by atoms with Crippen LogP contribution in [-0.4, -0.2) is 18.1 Å². The van der Waals surface area contributed by atoms with Crippen molar-refractivity contribution in [2.75, 3.05) is 12.8 Å². The summed E-state index contributed by atoms with van der Waals surface area (Å²) in [6.07, 6.45) is 0. The highest BCUT2D eigenvalue weighted by Gasteiger charge is 2.20. The molecule has 0 saturated heterocycles. The second kappa shape index (κ2) is 7.27. The van der Waals surface area contributed by atoms with Crippen LogP contribution in [0.4, 0.5) is 5.82 Å². The summed E-state index contributed by atoms with van der Waals surface area (Å²) < 4.78 is 10.7. The molecule has 5 heteroatoms. The van der Waals surface area contributed by atoms with Crippen molar-refractivity contribution in [3.05, 3.63) is 71.4 Å². The monoisotopic (exact) mass is 348 g/mol. The number of hydrogen-bond acceptors (Lipinski definition) is 5. The summed E-state index contributed by atoms with van der Waals surface area (Å²) in [5.41, 5.74) is 9.53. The molecule has 132 valence electrons. The molecule has 0 saturated carbocycles. The van der Waals surface area contributed by atoms with Gasteiger partial charge in [0.05, 0.1) is 7.11 Å². The van der Waals surface area contributed by atoms with Crippen LogP contribution in [0.1, 0.15) is 21.6 Å². The molecule has 2 aromatic carbocycles. The third-order valence-corrected chi connectivity index (χ3v) is 4.17. The third kappa shape index (κ3) is 3.37. The van der Waals surface area contributed by atoms with Crippen molar-refractivity contribution in [2.45, 2.75) is 13.8 Å². The van der Waals surface area contributed by atoms with E-state index in [1.165, 1.54) is 7.11 Å². The van der Waals surface area contributed by atoms with Gasteiger partial charge in [-0.2, -0.15) is 0 Å². The molecule has 0 aliphatic rings. The van der Waals surface area contributed by atoms with Gasteiger partial charge in [0, 0.05) is 11.3 Å². The number of aromatic nitrogens is 1. The van der Waals surface area contributed by atoms with Crippen LogP contribution >= 0.6 is 0 Å². The van der Waals surface area contributed by atoms with Crippen LogP contribution in [-0.2, 0) is 4.74 Å². The minimum absolute atomic E-state index is 0.180. The van der Waals surface area contributed by atoms with Crippen LogP contribution in [0, 0.1) is 13.8 Å². The van der Waals surface area contributed by atoms with Crippen LogP contribution in [0.2, 0.25) is 0 Å². The van der Waals surface area contributed by atoms with E-state index in [1.54, 1.807) is 0 Å². The molecule has 1 heterocycles. The summed E-state index contributed by atoms with van der Waals surface area (Å²) in [5.74, 6) is 1.19. The van der Waals surface area contributed by atoms with Crippen molar-refractivity contribution in [1.29, 1.82) is 0 Å². The molecule has 0 bridgehead atoms. The molecular formula is C21H20N2O3. The van der Waals surface area contributed by atoms with E-state index < -0.39 is 5.97 Å².